The number of nitrogens with two attached hydrogens (primary N) is 1. The lowest BCUT2D eigenvalue weighted by atomic mass is 10.0. The zero-order chi connectivity index (χ0) is 21.3. The van der Waals surface area contributed by atoms with Crippen molar-refractivity contribution < 1.29 is 9.90 Å². The Kier molecular flexibility index (Phi) is 5.66. The molecule has 1 amide bonds. The molecule has 0 aliphatic carbocycles. The molecule has 0 radical (unpaired) electrons. The number of benzene rings is 1. The normalized spacial score (nSPS) is 12.7. The monoisotopic (exact) mass is 457 g/mol. The first-order chi connectivity index (χ1) is 13.7. The van der Waals surface area contributed by atoms with E-state index in [4.69, 9.17) is 5.73 Å². The number of halogens is 1. The van der Waals surface area contributed by atoms with Crippen molar-refractivity contribution >= 4 is 38.9 Å². The highest BCUT2D eigenvalue weighted by Crippen LogP contribution is 2.40. The van der Waals surface area contributed by atoms with Gasteiger partial charge < -0.3 is 15.4 Å². The van der Waals surface area contributed by atoms with Crippen LogP contribution in [0.4, 0.5) is 10.6 Å². The Morgan fingerprint density at radius 2 is 2.00 bits per heavy atom. The number of hydrogen-bond donors (Lipinski definition) is 2. The molecular formula is C21H24BrN5O2. The average molecular weight is 458 g/mol. The molecule has 0 saturated carbocycles. The number of amides is 1. The summed E-state index contributed by atoms with van der Waals surface area (Å²) in [5.74, 6) is 0.370. The minimum Gasteiger partial charge on any atom is -0.465 e. The van der Waals surface area contributed by atoms with Gasteiger partial charge in [-0.2, -0.15) is 0 Å². The molecule has 0 saturated heterocycles. The predicted molar refractivity (Wildman–Crippen MR) is 119 cm³/mol. The highest BCUT2D eigenvalue weighted by molar-refractivity contribution is 9.10. The average Bonchev–Trinajstić information content (AvgIpc) is 2.93. The zero-order valence-corrected chi connectivity index (χ0v) is 18.2. The van der Waals surface area contributed by atoms with Gasteiger partial charge in [0.2, 0.25) is 0 Å². The van der Waals surface area contributed by atoms with Crippen molar-refractivity contribution in [3.8, 4) is 11.1 Å². The van der Waals surface area contributed by atoms with Crippen LogP contribution < -0.4 is 5.73 Å². The Hall–Kier alpha value is -2.87. The highest BCUT2D eigenvalue weighted by Gasteiger charge is 2.33. The maximum Gasteiger partial charge on any atom is 0.408 e. The van der Waals surface area contributed by atoms with Crippen LogP contribution in [0.15, 0.2) is 53.9 Å². The van der Waals surface area contributed by atoms with E-state index in [2.05, 4.69) is 32.5 Å². The van der Waals surface area contributed by atoms with Crippen LogP contribution in [0.2, 0.25) is 0 Å². The fourth-order valence-electron chi connectivity index (χ4n) is 3.57. The molecule has 0 unspecified atom stereocenters. The number of anilines is 1. The number of rotatable bonds is 5. The lowest BCUT2D eigenvalue weighted by Gasteiger charge is -2.38. The van der Waals surface area contributed by atoms with E-state index in [1.165, 1.54) is 11.2 Å². The first kappa shape index (κ1) is 20.9. The first-order valence-corrected chi connectivity index (χ1v) is 9.94. The second-order valence-electron chi connectivity index (χ2n) is 7.73. The Morgan fingerprint density at radius 1 is 1.34 bits per heavy atom. The Labute approximate surface area is 178 Å². The molecule has 0 fully saturated rings. The molecule has 152 valence electrons. The van der Waals surface area contributed by atoms with Gasteiger partial charge in [0.15, 0.2) is 0 Å². The summed E-state index contributed by atoms with van der Waals surface area (Å²) < 4.78 is 2.68. The largest absolute Gasteiger partial charge is 0.465 e. The maximum absolute atomic E-state index is 12.0. The Balaban J connectivity index is 2.20. The number of aromatic nitrogens is 3. The third-order valence-corrected chi connectivity index (χ3v) is 5.59. The number of hydrogen-bond acceptors (Lipinski definition) is 4. The summed E-state index contributed by atoms with van der Waals surface area (Å²) in [4.78, 5) is 22.0. The summed E-state index contributed by atoms with van der Waals surface area (Å²) in [7, 11) is 0. The van der Waals surface area contributed by atoms with E-state index in [9.17, 15) is 9.90 Å². The summed E-state index contributed by atoms with van der Waals surface area (Å²) in [6.45, 7) is 9.77. The maximum atomic E-state index is 12.0. The van der Waals surface area contributed by atoms with E-state index in [1.54, 1.807) is 6.08 Å². The highest BCUT2D eigenvalue weighted by atomic mass is 79.9. The van der Waals surface area contributed by atoms with E-state index < -0.39 is 17.7 Å². The molecule has 0 aliphatic heterocycles. The molecule has 3 aromatic rings. The van der Waals surface area contributed by atoms with Gasteiger partial charge in [0.1, 0.15) is 17.8 Å². The van der Waals surface area contributed by atoms with Crippen LogP contribution in [-0.2, 0) is 6.54 Å². The lowest BCUT2D eigenvalue weighted by molar-refractivity contribution is 0.0786. The van der Waals surface area contributed by atoms with Gasteiger partial charge in [0.25, 0.3) is 0 Å². The molecular weight excluding hydrogens is 434 g/mol. The van der Waals surface area contributed by atoms with Gasteiger partial charge in [0.05, 0.1) is 16.0 Å². The molecule has 2 aromatic heterocycles. The molecule has 1 aromatic carbocycles. The van der Waals surface area contributed by atoms with Gasteiger partial charge in [-0.1, -0.05) is 36.4 Å². The predicted octanol–water partition coefficient (Wildman–Crippen LogP) is 4.78. The van der Waals surface area contributed by atoms with E-state index in [0.717, 1.165) is 21.1 Å². The third kappa shape index (κ3) is 3.85. The van der Waals surface area contributed by atoms with Crippen molar-refractivity contribution in [3.05, 3.63) is 53.9 Å². The SMILES string of the molecule is C=C[C@@H](Cn1c(Br)c(-c2ccccc2)c2c(N)ncnc21)N(C(=O)O)C(C)(C)C. The molecule has 3 rings (SSSR count). The summed E-state index contributed by atoms with van der Waals surface area (Å²) in [5, 5.41) is 10.5. The molecule has 0 bridgehead atoms. The van der Waals surface area contributed by atoms with E-state index in [1.807, 2.05) is 55.7 Å². The van der Waals surface area contributed by atoms with Crippen LogP contribution in [0.25, 0.3) is 22.2 Å². The van der Waals surface area contributed by atoms with Crippen LogP contribution in [0.1, 0.15) is 20.8 Å². The van der Waals surface area contributed by atoms with Crippen LogP contribution in [0.5, 0.6) is 0 Å². The van der Waals surface area contributed by atoms with Crippen LogP contribution in [0.3, 0.4) is 0 Å². The molecule has 29 heavy (non-hydrogen) atoms. The van der Waals surface area contributed by atoms with E-state index in [-0.39, 0.29) is 0 Å². The van der Waals surface area contributed by atoms with E-state index in [0.29, 0.717) is 18.0 Å². The van der Waals surface area contributed by atoms with Crippen molar-refractivity contribution in [1.82, 2.24) is 19.4 Å². The van der Waals surface area contributed by atoms with Gasteiger partial charge in [-0.15, -0.1) is 6.58 Å². The number of fused-ring (bicyclic) bond motifs is 1. The molecule has 0 aliphatic rings. The fraction of sp³-hybridized carbons (Fsp3) is 0.286. The number of nitrogen functional groups attached to an aromatic ring is 1. The quantitative estimate of drug-likeness (QED) is 0.537. The zero-order valence-electron chi connectivity index (χ0n) is 16.6. The van der Waals surface area contributed by atoms with Crippen molar-refractivity contribution in [3.63, 3.8) is 0 Å². The number of carboxylic acid groups (broad SMARTS) is 1. The third-order valence-electron chi connectivity index (χ3n) is 4.77. The summed E-state index contributed by atoms with van der Waals surface area (Å²) in [6.07, 6.45) is 2.05. The Bertz CT molecular complexity index is 1060. The van der Waals surface area contributed by atoms with Gasteiger partial charge in [-0.3, -0.25) is 4.90 Å². The van der Waals surface area contributed by atoms with Crippen LogP contribution >= 0.6 is 15.9 Å². The molecule has 1 atom stereocenters. The lowest BCUT2D eigenvalue weighted by Crippen LogP contribution is -2.51. The Morgan fingerprint density at radius 3 is 2.55 bits per heavy atom. The van der Waals surface area contributed by atoms with E-state index >= 15 is 0 Å². The topological polar surface area (TPSA) is 97.3 Å². The fourth-order valence-corrected chi connectivity index (χ4v) is 4.31. The van der Waals surface area contributed by atoms with Crippen molar-refractivity contribution in [2.24, 2.45) is 0 Å². The van der Waals surface area contributed by atoms with Crippen molar-refractivity contribution in [2.75, 3.05) is 5.73 Å². The van der Waals surface area contributed by atoms with Crippen LogP contribution in [-0.4, -0.2) is 42.2 Å². The minimum atomic E-state index is -1.01. The van der Waals surface area contributed by atoms with Crippen molar-refractivity contribution in [1.29, 1.82) is 0 Å². The second kappa shape index (κ2) is 7.87. The molecule has 8 heteroatoms. The minimum absolute atomic E-state index is 0.327. The summed E-state index contributed by atoms with van der Waals surface area (Å²) in [6, 6.07) is 9.34. The van der Waals surface area contributed by atoms with Crippen LogP contribution in [0, 0.1) is 0 Å². The summed E-state index contributed by atoms with van der Waals surface area (Å²) in [5.41, 5.74) is 8.08. The first-order valence-electron chi connectivity index (χ1n) is 9.15. The van der Waals surface area contributed by atoms with Crippen molar-refractivity contribution in [2.45, 2.75) is 38.9 Å². The molecule has 0 spiro atoms. The molecule has 7 nitrogen and oxygen atoms in total. The molecule has 3 N–H and O–H groups in total. The molecule has 2 heterocycles. The summed E-state index contributed by atoms with van der Waals surface area (Å²) >= 11 is 3.70. The smallest absolute Gasteiger partial charge is 0.408 e. The van der Waals surface area contributed by atoms with Gasteiger partial charge in [0, 0.05) is 17.6 Å². The number of carbonyl (C=O) groups is 1. The second-order valence-corrected chi connectivity index (χ2v) is 8.48. The standard InChI is InChI=1S/C21H24BrN5O2/c1-5-14(27(20(28)29)21(2,3)4)11-26-17(22)15(13-9-7-6-8-10-13)16-18(23)24-12-25-19(16)26/h5-10,12,14H,1,11H2,2-4H3,(H,28,29)(H2,23,24,25)/t14-/m0/s1. The van der Waals surface area contributed by atoms with Gasteiger partial charge >= 0.3 is 6.09 Å². The van der Waals surface area contributed by atoms with Gasteiger partial charge in [-0.05, 0) is 42.3 Å². The number of nitrogens with zero attached hydrogens (tertiary/aromatic N) is 4. The van der Waals surface area contributed by atoms with Gasteiger partial charge in [-0.25, -0.2) is 14.8 Å².